The Kier molecular flexibility index (Phi) is 7.36. The lowest BCUT2D eigenvalue weighted by molar-refractivity contribution is -0.117. The number of ether oxygens (including phenoxy) is 1. The highest BCUT2D eigenvalue weighted by molar-refractivity contribution is 7.92. The third-order valence-electron chi connectivity index (χ3n) is 5.32. The van der Waals surface area contributed by atoms with Crippen molar-refractivity contribution in [2.75, 3.05) is 11.3 Å². The van der Waals surface area contributed by atoms with Gasteiger partial charge in [0.2, 0.25) is 0 Å². The minimum Gasteiger partial charge on any atom is -0.494 e. The van der Waals surface area contributed by atoms with Gasteiger partial charge >= 0.3 is 0 Å². The van der Waals surface area contributed by atoms with Crippen LogP contribution in [0, 0.1) is 20.8 Å². The molecule has 0 atom stereocenters. The summed E-state index contributed by atoms with van der Waals surface area (Å²) in [6.45, 7) is 8.29. The third kappa shape index (κ3) is 5.98. The van der Waals surface area contributed by atoms with Crippen molar-refractivity contribution < 1.29 is 17.9 Å². The molecule has 0 amide bonds. The number of carbonyl (C=O) groups excluding carboxylic acids is 1. The van der Waals surface area contributed by atoms with E-state index in [0.29, 0.717) is 17.9 Å². The van der Waals surface area contributed by atoms with Gasteiger partial charge in [0.1, 0.15) is 11.5 Å². The zero-order valence-corrected chi connectivity index (χ0v) is 19.8. The molecule has 0 bridgehead atoms. The first-order chi connectivity index (χ1) is 15.2. The molecule has 0 spiro atoms. The van der Waals surface area contributed by atoms with E-state index in [1.807, 2.05) is 58.0 Å². The van der Waals surface area contributed by atoms with Crippen molar-refractivity contribution in [2.24, 2.45) is 0 Å². The first kappa shape index (κ1) is 23.5. The van der Waals surface area contributed by atoms with Crippen molar-refractivity contribution in [1.82, 2.24) is 0 Å². The van der Waals surface area contributed by atoms with Crippen LogP contribution in [0.15, 0.2) is 65.6 Å². The molecule has 0 radical (unpaired) electrons. The van der Waals surface area contributed by atoms with E-state index in [1.165, 1.54) is 0 Å². The Morgan fingerprint density at radius 3 is 2.12 bits per heavy atom. The second kappa shape index (κ2) is 10.0. The lowest BCUT2D eigenvalue weighted by Crippen LogP contribution is -2.16. The number of carbonyl (C=O) groups is 1. The Morgan fingerprint density at radius 2 is 1.50 bits per heavy atom. The topological polar surface area (TPSA) is 72.5 Å². The van der Waals surface area contributed by atoms with Crippen LogP contribution < -0.4 is 9.46 Å². The van der Waals surface area contributed by atoms with Gasteiger partial charge in [0.05, 0.1) is 17.2 Å². The van der Waals surface area contributed by atoms with Crippen LogP contribution in [0.25, 0.3) is 0 Å². The fourth-order valence-electron chi connectivity index (χ4n) is 3.41. The van der Waals surface area contributed by atoms with Gasteiger partial charge in [-0.05, 0) is 80.3 Å². The van der Waals surface area contributed by atoms with Crippen LogP contribution in [0.5, 0.6) is 5.75 Å². The third-order valence-corrected chi connectivity index (χ3v) is 6.70. The molecule has 0 aliphatic rings. The van der Waals surface area contributed by atoms with Gasteiger partial charge in [-0.15, -0.1) is 0 Å². The smallest absolute Gasteiger partial charge is 0.261 e. The number of anilines is 1. The molecular formula is C26H29NO4S. The summed E-state index contributed by atoms with van der Waals surface area (Å²) in [7, 11) is -3.76. The largest absolute Gasteiger partial charge is 0.494 e. The van der Waals surface area contributed by atoms with Gasteiger partial charge in [-0.25, -0.2) is 8.42 Å². The summed E-state index contributed by atoms with van der Waals surface area (Å²) in [5, 5.41) is 0. The number of benzene rings is 3. The molecule has 0 aromatic heterocycles. The molecule has 6 heteroatoms. The van der Waals surface area contributed by atoms with Gasteiger partial charge in [-0.3, -0.25) is 9.52 Å². The normalized spacial score (nSPS) is 11.2. The van der Waals surface area contributed by atoms with Crippen LogP contribution in [0.4, 0.5) is 5.69 Å². The highest BCUT2D eigenvalue weighted by Gasteiger charge is 2.18. The van der Waals surface area contributed by atoms with Gasteiger partial charge in [-0.2, -0.15) is 0 Å². The van der Waals surface area contributed by atoms with E-state index in [1.54, 1.807) is 30.3 Å². The molecule has 0 heterocycles. The minimum atomic E-state index is -3.76. The molecule has 168 valence electrons. The summed E-state index contributed by atoms with van der Waals surface area (Å²) >= 11 is 0. The van der Waals surface area contributed by atoms with Crippen LogP contribution in [0.3, 0.4) is 0 Å². The minimum absolute atomic E-state index is 0.00759. The number of hydrogen-bond donors (Lipinski definition) is 1. The zero-order valence-electron chi connectivity index (χ0n) is 18.9. The summed E-state index contributed by atoms with van der Waals surface area (Å²) in [4.78, 5) is 13.0. The van der Waals surface area contributed by atoms with Gasteiger partial charge in [0.25, 0.3) is 10.0 Å². The average molecular weight is 452 g/mol. The van der Waals surface area contributed by atoms with Crippen LogP contribution in [-0.2, 0) is 27.7 Å². The first-order valence-corrected chi connectivity index (χ1v) is 12.1. The van der Waals surface area contributed by atoms with E-state index in [9.17, 15) is 13.2 Å². The van der Waals surface area contributed by atoms with E-state index < -0.39 is 10.0 Å². The fraction of sp³-hybridized carbons (Fsp3) is 0.269. The zero-order chi connectivity index (χ0) is 23.3. The van der Waals surface area contributed by atoms with Crippen molar-refractivity contribution in [3.05, 3.63) is 88.5 Å². The van der Waals surface area contributed by atoms with Crippen molar-refractivity contribution in [3.8, 4) is 5.75 Å². The molecule has 0 fully saturated rings. The SMILES string of the molecule is CCOc1ccc(CC(=O)Cc2cc(C)c(C)cc2NS(=O)(=O)c2ccc(C)cc2)cc1. The number of Topliss-reactive ketones (excluding diaryl/α,β-unsaturated/α-hetero) is 1. The number of hydrogen-bond acceptors (Lipinski definition) is 4. The Hall–Kier alpha value is -3.12. The van der Waals surface area contributed by atoms with E-state index in [0.717, 1.165) is 28.0 Å². The van der Waals surface area contributed by atoms with Crippen molar-refractivity contribution in [2.45, 2.75) is 45.4 Å². The molecule has 5 nitrogen and oxygen atoms in total. The van der Waals surface area contributed by atoms with Crippen LogP contribution >= 0.6 is 0 Å². The summed E-state index contributed by atoms with van der Waals surface area (Å²) in [6, 6.07) is 17.8. The van der Waals surface area contributed by atoms with Gasteiger partial charge in [0.15, 0.2) is 0 Å². The lowest BCUT2D eigenvalue weighted by atomic mass is 9.98. The van der Waals surface area contributed by atoms with Crippen molar-refractivity contribution in [1.29, 1.82) is 0 Å². The van der Waals surface area contributed by atoms with Gasteiger partial charge < -0.3 is 4.74 Å². The molecule has 0 saturated carbocycles. The van der Waals surface area contributed by atoms with Crippen molar-refractivity contribution in [3.63, 3.8) is 0 Å². The molecular weight excluding hydrogens is 422 g/mol. The maximum atomic E-state index is 12.9. The predicted molar refractivity (Wildman–Crippen MR) is 128 cm³/mol. The quantitative estimate of drug-likeness (QED) is 0.487. The van der Waals surface area contributed by atoms with Crippen molar-refractivity contribution >= 4 is 21.5 Å². The summed E-state index contributed by atoms with van der Waals surface area (Å²) in [6.07, 6.45) is 0.406. The van der Waals surface area contributed by atoms with Crippen LogP contribution in [-0.4, -0.2) is 20.8 Å². The molecule has 1 N–H and O–H groups in total. The molecule has 3 rings (SSSR count). The molecule has 3 aromatic carbocycles. The Bertz CT molecular complexity index is 1200. The molecule has 0 aliphatic heterocycles. The number of sulfonamides is 1. The first-order valence-electron chi connectivity index (χ1n) is 10.6. The van der Waals surface area contributed by atoms with Crippen LogP contribution in [0.1, 0.15) is 34.7 Å². The molecule has 32 heavy (non-hydrogen) atoms. The van der Waals surface area contributed by atoms with E-state index in [2.05, 4.69) is 4.72 Å². The fourth-order valence-corrected chi connectivity index (χ4v) is 4.50. The van der Waals surface area contributed by atoms with E-state index in [4.69, 9.17) is 4.74 Å². The second-order valence-electron chi connectivity index (χ2n) is 7.98. The van der Waals surface area contributed by atoms with Gasteiger partial charge in [0, 0.05) is 12.8 Å². The molecule has 0 unspecified atom stereocenters. The number of aryl methyl sites for hydroxylation is 3. The van der Waals surface area contributed by atoms with E-state index >= 15 is 0 Å². The lowest BCUT2D eigenvalue weighted by Gasteiger charge is -2.15. The molecule has 0 aliphatic carbocycles. The Morgan fingerprint density at radius 1 is 0.875 bits per heavy atom. The molecule has 0 saturated heterocycles. The molecule has 3 aromatic rings. The number of nitrogens with one attached hydrogen (secondary N) is 1. The van der Waals surface area contributed by atoms with E-state index in [-0.39, 0.29) is 23.5 Å². The summed E-state index contributed by atoms with van der Waals surface area (Å²) < 4.78 is 34.0. The monoisotopic (exact) mass is 451 g/mol. The predicted octanol–water partition coefficient (Wildman–Crippen LogP) is 5.17. The highest BCUT2D eigenvalue weighted by Crippen LogP contribution is 2.25. The Labute approximate surface area is 190 Å². The maximum absolute atomic E-state index is 12.9. The number of ketones is 1. The van der Waals surface area contributed by atoms with Crippen LogP contribution in [0.2, 0.25) is 0 Å². The average Bonchev–Trinajstić information content (AvgIpc) is 2.73. The van der Waals surface area contributed by atoms with Gasteiger partial charge in [-0.1, -0.05) is 35.9 Å². The Balaban J connectivity index is 1.81. The summed E-state index contributed by atoms with van der Waals surface area (Å²) in [5.41, 5.74) is 4.94. The highest BCUT2D eigenvalue weighted by atomic mass is 32.2. The second-order valence-corrected chi connectivity index (χ2v) is 9.66. The standard InChI is InChI=1S/C26H29NO4S/c1-5-31-24-10-8-21(9-11-24)16-23(28)17-22-14-19(3)20(4)15-26(22)27-32(29,30)25-12-6-18(2)7-13-25/h6-15,27H,5,16-17H2,1-4H3. The summed E-state index contributed by atoms with van der Waals surface area (Å²) in [5.74, 6) is 0.777. The number of rotatable bonds is 9. The maximum Gasteiger partial charge on any atom is 0.261 e.